The van der Waals surface area contributed by atoms with Crippen LogP contribution in [0.25, 0.3) is 11.0 Å². The molecule has 0 saturated carbocycles. The highest BCUT2D eigenvalue weighted by Gasteiger charge is 2.11. The molecule has 29 heavy (non-hydrogen) atoms. The zero-order valence-electron chi connectivity index (χ0n) is 14.7. The number of carbonyl (C=O) groups excluding carboxylic acids is 1. The molecular formula is C18H13ClN6O2S2. The zero-order valence-corrected chi connectivity index (χ0v) is 17.1. The topological polar surface area (TPSA) is 113 Å². The van der Waals surface area contributed by atoms with E-state index in [2.05, 4.69) is 30.8 Å². The highest BCUT2D eigenvalue weighted by atomic mass is 35.5. The standard InChI is InChI=1S/C18H13ClN6O2S2/c19-10-5-7-11(8-6-10)20-16(27)23-17-24-25-18(29-17)28-9-14-15(26)22-13-4-2-1-3-12(13)21-14/h1-8H,9H2,(H,22,26)(H2,20,23,24,27). The number of halogens is 1. The van der Waals surface area contributed by atoms with E-state index in [1.807, 2.05) is 18.2 Å². The van der Waals surface area contributed by atoms with Crippen LogP contribution in [0, 0.1) is 0 Å². The summed E-state index contributed by atoms with van der Waals surface area (Å²) in [5, 5.41) is 14.2. The summed E-state index contributed by atoms with van der Waals surface area (Å²) in [6.45, 7) is 0. The molecule has 0 bridgehead atoms. The quantitative estimate of drug-likeness (QED) is 0.311. The lowest BCUT2D eigenvalue weighted by atomic mass is 10.3. The molecule has 3 N–H and O–H groups in total. The first-order valence-electron chi connectivity index (χ1n) is 8.34. The number of hydrogen-bond acceptors (Lipinski definition) is 7. The molecule has 11 heteroatoms. The Morgan fingerprint density at radius 2 is 1.90 bits per heavy atom. The van der Waals surface area contributed by atoms with Crippen LogP contribution in [-0.2, 0) is 5.75 Å². The summed E-state index contributed by atoms with van der Waals surface area (Å²) in [5.41, 5.74) is 2.19. The molecule has 0 aliphatic carbocycles. The van der Waals surface area contributed by atoms with Gasteiger partial charge in [-0.3, -0.25) is 10.1 Å². The average Bonchev–Trinajstić information content (AvgIpc) is 3.15. The molecule has 4 rings (SSSR count). The second-order valence-corrected chi connectivity index (χ2v) is 8.41. The monoisotopic (exact) mass is 444 g/mol. The molecular weight excluding hydrogens is 432 g/mol. The number of hydrogen-bond donors (Lipinski definition) is 3. The Morgan fingerprint density at radius 1 is 1.10 bits per heavy atom. The van der Waals surface area contributed by atoms with Gasteiger partial charge in [0.2, 0.25) is 5.13 Å². The minimum Gasteiger partial charge on any atom is -0.319 e. The van der Waals surface area contributed by atoms with Crippen LogP contribution in [0.5, 0.6) is 0 Å². The molecule has 2 aromatic carbocycles. The number of benzene rings is 2. The summed E-state index contributed by atoms with van der Waals surface area (Å²) in [5.74, 6) is 0.339. The third-order valence-corrected chi connectivity index (χ3v) is 5.97. The van der Waals surface area contributed by atoms with Crippen molar-refractivity contribution in [1.82, 2.24) is 20.2 Å². The highest BCUT2D eigenvalue weighted by Crippen LogP contribution is 2.27. The summed E-state index contributed by atoms with van der Waals surface area (Å²) < 4.78 is 0.612. The number of aromatic nitrogens is 4. The van der Waals surface area contributed by atoms with Crippen molar-refractivity contribution in [3.05, 3.63) is 69.6 Å². The van der Waals surface area contributed by atoms with Crippen molar-refractivity contribution in [1.29, 1.82) is 0 Å². The van der Waals surface area contributed by atoms with Crippen molar-refractivity contribution in [2.75, 3.05) is 10.6 Å². The van der Waals surface area contributed by atoms with Gasteiger partial charge < -0.3 is 10.3 Å². The zero-order chi connectivity index (χ0) is 20.2. The van der Waals surface area contributed by atoms with Crippen LogP contribution in [0.2, 0.25) is 5.02 Å². The smallest absolute Gasteiger partial charge is 0.319 e. The molecule has 0 aliphatic rings. The van der Waals surface area contributed by atoms with Gasteiger partial charge in [0.05, 0.1) is 11.0 Å². The molecule has 4 aromatic rings. The largest absolute Gasteiger partial charge is 0.325 e. The number of nitrogens with one attached hydrogen (secondary N) is 3. The fourth-order valence-electron chi connectivity index (χ4n) is 2.41. The molecule has 0 spiro atoms. The third-order valence-electron chi connectivity index (χ3n) is 3.73. The summed E-state index contributed by atoms with van der Waals surface area (Å²) in [4.78, 5) is 31.4. The predicted octanol–water partition coefficient (Wildman–Crippen LogP) is 4.36. The normalized spacial score (nSPS) is 10.8. The lowest BCUT2D eigenvalue weighted by molar-refractivity contribution is 0.262. The maximum Gasteiger partial charge on any atom is 0.325 e. The number of carbonyl (C=O) groups is 1. The van der Waals surface area contributed by atoms with Crippen LogP contribution < -0.4 is 16.2 Å². The minimum absolute atomic E-state index is 0.235. The molecule has 0 atom stereocenters. The number of rotatable bonds is 5. The average molecular weight is 445 g/mol. The van der Waals surface area contributed by atoms with E-state index in [0.717, 1.165) is 5.52 Å². The Hall–Kier alpha value is -2.95. The number of fused-ring (bicyclic) bond motifs is 1. The number of H-pyrrole nitrogens is 1. The van der Waals surface area contributed by atoms with Crippen LogP contribution >= 0.6 is 34.7 Å². The van der Waals surface area contributed by atoms with Crippen LogP contribution in [0.1, 0.15) is 5.69 Å². The maximum absolute atomic E-state index is 12.2. The Labute approximate surface area is 177 Å². The van der Waals surface area contributed by atoms with Crippen LogP contribution in [0.15, 0.2) is 57.7 Å². The van der Waals surface area contributed by atoms with Crippen molar-refractivity contribution in [3.63, 3.8) is 0 Å². The van der Waals surface area contributed by atoms with Crippen molar-refractivity contribution >= 4 is 62.6 Å². The van der Waals surface area contributed by atoms with Gasteiger partial charge in [-0.15, -0.1) is 10.2 Å². The summed E-state index contributed by atoms with van der Waals surface area (Å²) >= 11 is 8.36. The first-order chi connectivity index (χ1) is 14.1. The van der Waals surface area contributed by atoms with E-state index in [0.29, 0.717) is 37.1 Å². The molecule has 0 saturated heterocycles. The first kappa shape index (κ1) is 19.4. The maximum atomic E-state index is 12.2. The summed E-state index contributed by atoms with van der Waals surface area (Å²) in [6.07, 6.45) is 0. The Morgan fingerprint density at radius 3 is 2.72 bits per heavy atom. The van der Waals surface area contributed by atoms with Crippen molar-refractivity contribution < 1.29 is 4.79 Å². The SMILES string of the molecule is O=C(Nc1ccc(Cl)cc1)Nc1nnc(SCc2nc3ccccc3[nH]c2=O)s1. The van der Waals surface area contributed by atoms with Crippen molar-refractivity contribution in [2.24, 2.45) is 0 Å². The molecule has 2 aromatic heterocycles. The third kappa shape index (κ3) is 4.91. The van der Waals surface area contributed by atoms with Crippen molar-refractivity contribution in [3.8, 4) is 0 Å². The fraction of sp³-hybridized carbons (Fsp3) is 0.0556. The number of nitrogens with zero attached hydrogens (tertiary/aromatic N) is 3. The summed E-state index contributed by atoms with van der Waals surface area (Å²) in [7, 11) is 0. The van der Waals surface area contributed by atoms with Gasteiger partial charge in [-0.1, -0.05) is 46.8 Å². The first-order valence-corrected chi connectivity index (χ1v) is 10.5. The van der Waals surface area contributed by atoms with Gasteiger partial charge in [-0.25, -0.2) is 9.78 Å². The van der Waals surface area contributed by atoms with Gasteiger partial charge in [0.1, 0.15) is 5.69 Å². The van der Waals surface area contributed by atoms with Gasteiger partial charge in [0.25, 0.3) is 5.56 Å². The number of para-hydroxylation sites is 2. The van der Waals surface area contributed by atoms with Gasteiger partial charge in [-0.2, -0.15) is 0 Å². The molecule has 2 heterocycles. The van der Waals surface area contributed by atoms with E-state index in [4.69, 9.17) is 11.6 Å². The van der Waals surface area contributed by atoms with E-state index in [-0.39, 0.29) is 5.56 Å². The molecule has 0 fully saturated rings. The molecule has 146 valence electrons. The number of thioether (sulfide) groups is 1. The predicted molar refractivity (Wildman–Crippen MR) is 116 cm³/mol. The van der Waals surface area contributed by atoms with Crippen LogP contribution in [-0.4, -0.2) is 26.2 Å². The van der Waals surface area contributed by atoms with Crippen molar-refractivity contribution in [2.45, 2.75) is 10.1 Å². The van der Waals surface area contributed by atoms with Crippen LogP contribution in [0.3, 0.4) is 0 Å². The molecule has 2 amide bonds. The highest BCUT2D eigenvalue weighted by molar-refractivity contribution is 8.00. The molecule has 0 aliphatic heterocycles. The Balaban J connectivity index is 1.37. The van der Waals surface area contributed by atoms with Crippen LogP contribution in [0.4, 0.5) is 15.6 Å². The van der Waals surface area contributed by atoms with E-state index >= 15 is 0 Å². The van der Waals surface area contributed by atoms with Gasteiger partial charge in [0, 0.05) is 16.5 Å². The van der Waals surface area contributed by atoms with E-state index in [9.17, 15) is 9.59 Å². The lowest BCUT2D eigenvalue weighted by Crippen LogP contribution is -2.19. The van der Waals surface area contributed by atoms with Gasteiger partial charge in [-0.05, 0) is 36.4 Å². The minimum atomic E-state index is -0.437. The second kappa shape index (κ2) is 8.60. The van der Waals surface area contributed by atoms with E-state index < -0.39 is 6.03 Å². The van der Waals surface area contributed by atoms with Gasteiger partial charge in [0.15, 0.2) is 4.34 Å². The number of aromatic amines is 1. The number of urea groups is 1. The molecule has 8 nitrogen and oxygen atoms in total. The second-order valence-electron chi connectivity index (χ2n) is 5.78. The fourth-order valence-corrected chi connectivity index (χ4v) is 4.21. The number of amides is 2. The summed E-state index contributed by atoms with van der Waals surface area (Å²) in [6, 6.07) is 13.7. The van der Waals surface area contributed by atoms with E-state index in [1.165, 1.54) is 23.1 Å². The lowest BCUT2D eigenvalue weighted by Gasteiger charge is -2.04. The Kier molecular flexibility index (Phi) is 5.74. The molecule has 0 unspecified atom stereocenters. The Bertz CT molecular complexity index is 1220. The number of anilines is 2. The van der Waals surface area contributed by atoms with Gasteiger partial charge >= 0.3 is 6.03 Å². The molecule has 0 radical (unpaired) electrons. The van der Waals surface area contributed by atoms with E-state index in [1.54, 1.807) is 30.3 Å².